The van der Waals surface area contributed by atoms with E-state index in [-0.39, 0.29) is 0 Å². The van der Waals surface area contributed by atoms with Crippen LogP contribution in [0.15, 0.2) is 12.4 Å². The second kappa shape index (κ2) is 9.81. The Morgan fingerprint density at radius 2 is 2.11 bits per heavy atom. The van der Waals surface area contributed by atoms with Gasteiger partial charge in [-0.2, -0.15) is 0 Å². The quantitative estimate of drug-likeness (QED) is 0.627. The molecule has 0 saturated carbocycles. The van der Waals surface area contributed by atoms with Gasteiger partial charge in [0.05, 0.1) is 13.2 Å². The van der Waals surface area contributed by atoms with Crippen molar-refractivity contribution in [3.63, 3.8) is 0 Å². The maximum atomic E-state index is 5.41. The van der Waals surface area contributed by atoms with E-state index in [4.69, 9.17) is 9.47 Å². The van der Waals surface area contributed by atoms with E-state index in [1.807, 2.05) is 12.4 Å². The predicted molar refractivity (Wildman–Crippen MR) is 77.5 cm³/mol. The molecule has 1 N–H and O–H groups in total. The zero-order valence-corrected chi connectivity index (χ0v) is 12.4. The largest absolute Gasteiger partial charge is 0.382 e. The lowest BCUT2D eigenvalue weighted by atomic mass is 10.2. The van der Waals surface area contributed by atoms with Gasteiger partial charge in [-0.1, -0.05) is 13.8 Å². The molecule has 0 radical (unpaired) electrons. The second-order valence-electron chi connectivity index (χ2n) is 5.04. The lowest BCUT2D eigenvalue weighted by molar-refractivity contribution is 0.0691. The van der Waals surface area contributed by atoms with Gasteiger partial charge in [-0.3, -0.25) is 0 Å². The van der Waals surface area contributed by atoms with Gasteiger partial charge < -0.3 is 19.4 Å². The summed E-state index contributed by atoms with van der Waals surface area (Å²) in [6.45, 7) is 8.51. The van der Waals surface area contributed by atoms with E-state index in [2.05, 4.69) is 28.7 Å². The fourth-order valence-electron chi connectivity index (χ4n) is 1.79. The molecule has 0 aliphatic carbocycles. The van der Waals surface area contributed by atoms with Crippen molar-refractivity contribution in [1.82, 2.24) is 9.55 Å². The van der Waals surface area contributed by atoms with E-state index in [1.165, 1.54) is 0 Å². The van der Waals surface area contributed by atoms with Crippen LogP contribution in [0.1, 0.15) is 26.7 Å². The van der Waals surface area contributed by atoms with E-state index in [0.717, 1.165) is 38.5 Å². The molecule has 0 aliphatic heterocycles. The lowest BCUT2D eigenvalue weighted by Crippen LogP contribution is -2.12. The number of hydrogen-bond donors (Lipinski definition) is 1. The van der Waals surface area contributed by atoms with Gasteiger partial charge in [0.2, 0.25) is 5.95 Å². The Morgan fingerprint density at radius 1 is 1.26 bits per heavy atom. The summed E-state index contributed by atoms with van der Waals surface area (Å²) in [6.07, 6.45) is 6.01. The normalized spacial score (nSPS) is 11.2. The highest BCUT2D eigenvalue weighted by Gasteiger charge is 2.03. The van der Waals surface area contributed by atoms with Gasteiger partial charge in [0.15, 0.2) is 0 Å². The summed E-state index contributed by atoms with van der Waals surface area (Å²) in [5.41, 5.74) is 0. The van der Waals surface area contributed by atoms with E-state index in [1.54, 1.807) is 7.11 Å². The number of unbranched alkanes of at least 4 members (excludes halogenated alkanes) is 1. The van der Waals surface area contributed by atoms with Crippen LogP contribution < -0.4 is 5.32 Å². The van der Waals surface area contributed by atoms with Crippen LogP contribution in [0.3, 0.4) is 0 Å². The summed E-state index contributed by atoms with van der Waals surface area (Å²) >= 11 is 0. The van der Waals surface area contributed by atoms with Crippen LogP contribution in [0, 0.1) is 5.92 Å². The van der Waals surface area contributed by atoms with Gasteiger partial charge >= 0.3 is 0 Å². The maximum absolute atomic E-state index is 5.41. The molecule has 0 aromatic carbocycles. The molecule has 110 valence electrons. The van der Waals surface area contributed by atoms with Crippen LogP contribution in [0.4, 0.5) is 5.95 Å². The molecule has 5 nitrogen and oxygen atoms in total. The van der Waals surface area contributed by atoms with Crippen LogP contribution >= 0.6 is 0 Å². The highest BCUT2D eigenvalue weighted by Crippen LogP contribution is 2.08. The molecule has 0 amide bonds. The van der Waals surface area contributed by atoms with Crippen LogP contribution in [0.25, 0.3) is 0 Å². The van der Waals surface area contributed by atoms with Crippen molar-refractivity contribution in [3.8, 4) is 0 Å². The number of aromatic nitrogens is 2. The zero-order chi connectivity index (χ0) is 13.9. The number of anilines is 1. The molecule has 0 saturated heterocycles. The van der Waals surface area contributed by atoms with Crippen LogP contribution in [0.5, 0.6) is 0 Å². The Kier molecular flexibility index (Phi) is 8.25. The fourth-order valence-corrected chi connectivity index (χ4v) is 1.79. The molecule has 0 fully saturated rings. The summed E-state index contributed by atoms with van der Waals surface area (Å²) in [4.78, 5) is 4.33. The van der Waals surface area contributed by atoms with Crippen LogP contribution in [-0.2, 0) is 16.0 Å². The zero-order valence-electron chi connectivity index (χ0n) is 12.4. The topological polar surface area (TPSA) is 48.3 Å². The van der Waals surface area contributed by atoms with Crippen molar-refractivity contribution in [1.29, 1.82) is 0 Å². The fraction of sp³-hybridized carbons (Fsp3) is 0.786. The molecule has 0 unspecified atom stereocenters. The predicted octanol–water partition coefficient (Wildman–Crippen LogP) is 2.39. The van der Waals surface area contributed by atoms with E-state index in [9.17, 15) is 0 Å². The average Bonchev–Trinajstić information content (AvgIpc) is 2.79. The minimum atomic E-state index is 0.629. The van der Waals surface area contributed by atoms with Gasteiger partial charge in [-0.05, 0) is 18.8 Å². The molecule has 5 heteroatoms. The molecule has 1 heterocycles. The summed E-state index contributed by atoms with van der Waals surface area (Å²) in [7, 11) is 1.69. The molecule has 0 atom stereocenters. The van der Waals surface area contributed by atoms with Crippen molar-refractivity contribution >= 4 is 5.95 Å². The minimum absolute atomic E-state index is 0.629. The van der Waals surface area contributed by atoms with Gasteiger partial charge in [0, 0.05) is 39.2 Å². The third-order valence-corrected chi connectivity index (χ3v) is 2.71. The lowest BCUT2D eigenvalue weighted by Gasteiger charge is -2.11. The summed E-state index contributed by atoms with van der Waals surface area (Å²) in [5.74, 6) is 1.60. The number of ether oxygens (including phenoxy) is 2. The number of rotatable bonds is 11. The van der Waals surface area contributed by atoms with Crippen molar-refractivity contribution < 1.29 is 9.47 Å². The van der Waals surface area contributed by atoms with E-state index < -0.39 is 0 Å². The molecule has 1 aromatic rings. The highest BCUT2D eigenvalue weighted by molar-refractivity contribution is 5.25. The molecular weight excluding hydrogens is 242 g/mol. The number of methoxy groups -OCH3 is 1. The maximum Gasteiger partial charge on any atom is 0.202 e. The van der Waals surface area contributed by atoms with Crippen LogP contribution in [0.2, 0.25) is 0 Å². The molecule has 0 spiro atoms. The first-order valence-corrected chi connectivity index (χ1v) is 7.05. The number of nitrogens with one attached hydrogen (secondary N) is 1. The van der Waals surface area contributed by atoms with Gasteiger partial charge in [-0.15, -0.1) is 0 Å². The van der Waals surface area contributed by atoms with Gasteiger partial charge in [0.1, 0.15) is 0 Å². The SMILES string of the molecule is COCCOCCCCNc1nccn1CC(C)C. The van der Waals surface area contributed by atoms with Crippen molar-refractivity contribution in [2.24, 2.45) is 5.92 Å². The molecule has 0 bridgehead atoms. The number of hydrogen-bond acceptors (Lipinski definition) is 4. The van der Waals surface area contributed by atoms with E-state index >= 15 is 0 Å². The standard InChI is InChI=1S/C14H27N3O2/c1-13(2)12-17-8-7-16-14(17)15-6-4-5-9-19-11-10-18-3/h7-8,13H,4-6,9-12H2,1-3H3,(H,15,16). The second-order valence-corrected chi connectivity index (χ2v) is 5.04. The summed E-state index contributed by atoms with van der Waals surface area (Å²) < 4.78 is 12.5. The first-order chi connectivity index (χ1) is 9.24. The monoisotopic (exact) mass is 269 g/mol. The Balaban J connectivity index is 2.07. The van der Waals surface area contributed by atoms with Crippen molar-refractivity contribution in [2.75, 3.05) is 38.8 Å². The smallest absolute Gasteiger partial charge is 0.202 e. The Morgan fingerprint density at radius 3 is 2.84 bits per heavy atom. The van der Waals surface area contributed by atoms with Crippen LogP contribution in [-0.4, -0.2) is 43.0 Å². The van der Waals surface area contributed by atoms with E-state index in [0.29, 0.717) is 19.1 Å². The molecule has 0 aliphatic rings. The average molecular weight is 269 g/mol. The number of imidazole rings is 1. The molecule has 19 heavy (non-hydrogen) atoms. The Labute approximate surface area is 116 Å². The third kappa shape index (κ3) is 7.18. The highest BCUT2D eigenvalue weighted by atomic mass is 16.5. The van der Waals surface area contributed by atoms with Gasteiger partial charge in [0.25, 0.3) is 0 Å². The molecule has 1 aromatic heterocycles. The molecular formula is C14H27N3O2. The van der Waals surface area contributed by atoms with Gasteiger partial charge in [-0.25, -0.2) is 4.98 Å². The first kappa shape index (κ1) is 16.0. The molecule has 1 rings (SSSR count). The Bertz CT molecular complexity index is 326. The minimum Gasteiger partial charge on any atom is -0.382 e. The third-order valence-electron chi connectivity index (χ3n) is 2.71. The number of nitrogens with zero attached hydrogens (tertiary/aromatic N) is 2. The van der Waals surface area contributed by atoms with Crippen molar-refractivity contribution in [3.05, 3.63) is 12.4 Å². The summed E-state index contributed by atoms with van der Waals surface area (Å²) in [6, 6.07) is 0. The first-order valence-electron chi connectivity index (χ1n) is 7.05. The summed E-state index contributed by atoms with van der Waals surface area (Å²) in [5, 5.41) is 3.37. The Hall–Kier alpha value is -1.07. The van der Waals surface area contributed by atoms with Crippen molar-refractivity contribution in [2.45, 2.75) is 33.2 Å².